The molecule has 1 rings (SSSR count). The average Bonchev–Trinajstić information content (AvgIpc) is 2.41. The fraction of sp³-hybridized carbons (Fsp3) is 0.357. The van der Waals surface area contributed by atoms with E-state index in [1.807, 2.05) is 30.3 Å². The number of hydrogen-bond donors (Lipinski definition) is 1. The molecule has 0 aromatic heterocycles. The molecule has 98 valence electrons. The van der Waals surface area contributed by atoms with Crippen LogP contribution in [0.5, 0.6) is 0 Å². The maximum atomic E-state index is 11.3. The predicted octanol–water partition coefficient (Wildman–Crippen LogP) is 2.51. The van der Waals surface area contributed by atoms with Gasteiger partial charge in [-0.2, -0.15) is 0 Å². The topological polar surface area (TPSA) is 47.6 Å². The van der Waals surface area contributed by atoms with Crippen molar-refractivity contribution in [2.24, 2.45) is 0 Å². The largest absolute Gasteiger partial charge is 0.445 e. The van der Waals surface area contributed by atoms with Gasteiger partial charge in [-0.05, 0) is 12.0 Å². The quantitative estimate of drug-likeness (QED) is 0.569. The van der Waals surface area contributed by atoms with Gasteiger partial charge in [0, 0.05) is 6.54 Å². The first-order valence-electron chi connectivity index (χ1n) is 5.96. The molecular weight excluding hydrogens is 230 g/mol. The molecule has 0 unspecified atom stereocenters. The minimum Gasteiger partial charge on any atom is -0.445 e. The number of rotatable bonds is 8. The Balaban J connectivity index is 2.02. The number of amides is 1. The van der Waals surface area contributed by atoms with Gasteiger partial charge in [0.05, 0.1) is 13.2 Å². The minimum atomic E-state index is -0.425. The van der Waals surface area contributed by atoms with E-state index in [0.717, 1.165) is 12.0 Å². The summed E-state index contributed by atoms with van der Waals surface area (Å²) in [6, 6.07) is 9.55. The maximum Gasteiger partial charge on any atom is 0.407 e. The molecule has 0 spiro atoms. The van der Waals surface area contributed by atoms with Gasteiger partial charge in [0.2, 0.25) is 0 Å². The molecule has 0 heterocycles. The van der Waals surface area contributed by atoms with Crippen molar-refractivity contribution in [3.63, 3.8) is 0 Å². The molecule has 0 atom stereocenters. The zero-order valence-corrected chi connectivity index (χ0v) is 10.4. The lowest BCUT2D eigenvalue weighted by atomic mass is 10.2. The van der Waals surface area contributed by atoms with Crippen molar-refractivity contribution in [3.8, 4) is 0 Å². The van der Waals surface area contributed by atoms with Gasteiger partial charge in [-0.25, -0.2) is 4.79 Å². The van der Waals surface area contributed by atoms with E-state index < -0.39 is 6.09 Å². The van der Waals surface area contributed by atoms with Crippen LogP contribution in [-0.2, 0) is 16.1 Å². The van der Waals surface area contributed by atoms with Gasteiger partial charge in [-0.3, -0.25) is 0 Å². The lowest BCUT2D eigenvalue weighted by Gasteiger charge is -2.07. The van der Waals surface area contributed by atoms with E-state index in [4.69, 9.17) is 9.47 Å². The van der Waals surface area contributed by atoms with Gasteiger partial charge in [0.1, 0.15) is 6.61 Å². The highest BCUT2D eigenvalue weighted by Gasteiger charge is 2.01. The van der Waals surface area contributed by atoms with Crippen molar-refractivity contribution in [2.75, 3.05) is 19.8 Å². The second-order valence-corrected chi connectivity index (χ2v) is 3.68. The Morgan fingerprint density at radius 2 is 2.06 bits per heavy atom. The highest BCUT2D eigenvalue weighted by atomic mass is 16.5. The van der Waals surface area contributed by atoms with Crippen LogP contribution < -0.4 is 5.32 Å². The summed E-state index contributed by atoms with van der Waals surface area (Å²) in [5, 5.41) is 2.62. The summed E-state index contributed by atoms with van der Waals surface area (Å²) in [6.45, 7) is 5.43. The summed E-state index contributed by atoms with van der Waals surface area (Å²) in [6.07, 6.45) is 2.19. The van der Waals surface area contributed by atoms with Crippen LogP contribution in [-0.4, -0.2) is 25.9 Å². The number of hydrogen-bond acceptors (Lipinski definition) is 3. The Morgan fingerprint density at radius 1 is 1.28 bits per heavy atom. The summed E-state index contributed by atoms with van der Waals surface area (Å²) in [5.74, 6) is 0. The summed E-state index contributed by atoms with van der Waals surface area (Å²) in [7, 11) is 0. The third-order valence-corrected chi connectivity index (χ3v) is 2.19. The first kappa shape index (κ1) is 14.3. The Labute approximate surface area is 108 Å². The molecule has 0 aliphatic carbocycles. The van der Waals surface area contributed by atoms with Gasteiger partial charge in [0.15, 0.2) is 0 Å². The number of nitrogens with one attached hydrogen (secondary N) is 1. The lowest BCUT2D eigenvalue weighted by Crippen LogP contribution is -2.27. The molecule has 18 heavy (non-hydrogen) atoms. The molecule has 4 heteroatoms. The molecule has 1 amide bonds. The predicted molar refractivity (Wildman–Crippen MR) is 70.3 cm³/mol. The van der Waals surface area contributed by atoms with E-state index in [1.165, 1.54) is 0 Å². The van der Waals surface area contributed by atoms with Crippen molar-refractivity contribution in [1.82, 2.24) is 5.32 Å². The van der Waals surface area contributed by atoms with Crippen LogP contribution >= 0.6 is 0 Å². The third-order valence-electron chi connectivity index (χ3n) is 2.19. The average molecular weight is 249 g/mol. The van der Waals surface area contributed by atoms with E-state index in [0.29, 0.717) is 19.8 Å². The third kappa shape index (κ3) is 6.70. The first-order chi connectivity index (χ1) is 8.83. The maximum absolute atomic E-state index is 11.3. The van der Waals surface area contributed by atoms with Gasteiger partial charge >= 0.3 is 6.09 Å². The van der Waals surface area contributed by atoms with Crippen LogP contribution in [0, 0.1) is 0 Å². The Morgan fingerprint density at radius 3 is 2.78 bits per heavy atom. The molecule has 0 aliphatic heterocycles. The molecular formula is C14H19NO3. The van der Waals surface area contributed by atoms with E-state index in [-0.39, 0.29) is 6.61 Å². The Kier molecular flexibility index (Phi) is 7.32. The van der Waals surface area contributed by atoms with Gasteiger partial charge in [-0.1, -0.05) is 36.4 Å². The Hall–Kier alpha value is -1.81. The fourth-order valence-electron chi connectivity index (χ4n) is 1.27. The molecule has 0 fully saturated rings. The second kappa shape index (κ2) is 9.24. The highest BCUT2D eigenvalue weighted by Crippen LogP contribution is 2.00. The minimum absolute atomic E-state index is 0.282. The van der Waals surface area contributed by atoms with E-state index >= 15 is 0 Å². The molecule has 0 saturated heterocycles. The normalized spacial score (nSPS) is 9.78. The molecule has 1 N–H and O–H groups in total. The molecule has 0 radical (unpaired) electrons. The number of carbonyl (C=O) groups is 1. The zero-order valence-electron chi connectivity index (χ0n) is 10.4. The standard InChI is InChI=1S/C14H19NO3/c1-2-3-10-17-11-9-15-14(16)18-12-13-7-5-4-6-8-13/h2,4-8H,1,3,9-12H2,(H,15,16). The van der Waals surface area contributed by atoms with E-state index in [2.05, 4.69) is 11.9 Å². The van der Waals surface area contributed by atoms with Crippen LogP contribution in [0.2, 0.25) is 0 Å². The van der Waals surface area contributed by atoms with Crippen LogP contribution in [0.4, 0.5) is 4.79 Å². The van der Waals surface area contributed by atoms with E-state index in [9.17, 15) is 4.79 Å². The van der Waals surface area contributed by atoms with Crippen LogP contribution in [0.3, 0.4) is 0 Å². The van der Waals surface area contributed by atoms with Crippen LogP contribution in [0.15, 0.2) is 43.0 Å². The van der Waals surface area contributed by atoms with Crippen molar-refractivity contribution in [2.45, 2.75) is 13.0 Å². The van der Waals surface area contributed by atoms with Crippen molar-refractivity contribution < 1.29 is 14.3 Å². The second-order valence-electron chi connectivity index (χ2n) is 3.68. The smallest absolute Gasteiger partial charge is 0.407 e. The SMILES string of the molecule is C=CCCOCCNC(=O)OCc1ccccc1. The molecule has 0 bridgehead atoms. The van der Waals surface area contributed by atoms with Gasteiger partial charge < -0.3 is 14.8 Å². The van der Waals surface area contributed by atoms with Gasteiger partial charge in [-0.15, -0.1) is 6.58 Å². The first-order valence-corrected chi connectivity index (χ1v) is 5.96. The lowest BCUT2D eigenvalue weighted by molar-refractivity contribution is 0.121. The van der Waals surface area contributed by atoms with Crippen LogP contribution in [0.25, 0.3) is 0 Å². The van der Waals surface area contributed by atoms with Gasteiger partial charge in [0.25, 0.3) is 0 Å². The number of carbonyl (C=O) groups excluding carboxylic acids is 1. The van der Waals surface area contributed by atoms with Crippen molar-refractivity contribution >= 4 is 6.09 Å². The van der Waals surface area contributed by atoms with Crippen molar-refractivity contribution in [1.29, 1.82) is 0 Å². The number of alkyl carbamates (subject to hydrolysis) is 1. The molecule has 4 nitrogen and oxygen atoms in total. The summed E-state index contributed by atoms with van der Waals surface area (Å²) < 4.78 is 10.3. The molecule has 1 aromatic carbocycles. The fourth-order valence-corrected chi connectivity index (χ4v) is 1.27. The Bertz CT molecular complexity index is 351. The van der Waals surface area contributed by atoms with Crippen molar-refractivity contribution in [3.05, 3.63) is 48.6 Å². The van der Waals surface area contributed by atoms with Crippen LogP contribution in [0.1, 0.15) is 12.0 Å². The molecule has 1 aromatic rings. The van der Waals surface area contributed by atoms with E-state index in [1.54, 1.807) is 6.08 Å². The summed E-state index contributed by atoms with van der Waals surface area (Å²) in [4.78, 5) is 11.3. The summed E-state index contributed by atoms with van der Waals surface area (Å²) >= 11 is 0. The number of benzene rings is 1. The highest BCUT2D eigenvalue weighted by molar-refractivity contribution is 5.67. The zero-order chi connectivity index (χ0) is 13.1. The summed E-state index contributed by atoms with van der Waals surface area (Å²) in [5.41, 5.74) is 0.967. The molecule has 0 saturated carbocycles. The molecule has 0 aliphatic rings. The monoisotopic (exact) mass is 249 g/mol. The number of ether oxygens (including phenoxy) is 2.